The molecule has 1 unspecified atom stereocenters. The Kier molecular flexibility index (Phi) is 9.20. The normalized spacial score (nSPS) is 14.6. The maximum Gasteiger partial charge on any atom is 0.230 e. The van der Waals surface area contributed by atoms with E-state index >= 15 is 0 Å². The van der Waals surface area contributed by atoms with Crippen LogP contribution in [0.5, 0.6) is 23.0 Å². The molecule has 0 spiro atoms. The lowest BCUT2D eigenvalue weighted by Gasteiger charge is -2.13. The topological polar surface area (TPSA) is 96.7 Å². The molecular formula is C30H32N4O5S. The van der Waals surface area contributed by atoms with Crippen molar-refractivity contribution >= 4 is 17.7 Å². The summed E-state index contributed by atoms with van der Waals surface area (Å²) in [5.74, 6) is 3.66. The predicted molar refractivity (Wildman–Crippen MR) is 153 cm³/mol. The van der Waals surface area contributed by atoms with E-state index in [-0.39, 0.29) is 17.8 Å². The molecule has 2 heterocycles. The fourth-order valence-electron chi connectivity index (χ4n) is 4.44. The molecule has 40 heavy (non-hydrogen) atoms. The van der Waals surface area contributed by atoms with Crippen LogP contribution in [0.2, 0.25) is 0 Å². The van der Waals surface area contributed by atoms with Crippen molar-refractivity contribution in [2.24, 2.45) is 0 Å². The van der Waals surface area contributed by atoms with Crippen LogP contribution >= 0.6 is 11.8 Å². The SMILES string of the molecule is COc1ccc(Cc2nnc(SCC(=O)NCC3CCCO3)n2-c2ccc(Oc3ccccc3)cc2)cc1OC. The first-order valence-electron chi connectivity index (χ1n) is 13.1. The number of nitrogens with zero attached hydrogens (tertiary/aromatic N) is 3. The van der Waals surface area contributed by atoms with Crippen molar-refractivity contribution in [1.29, 1.82) is 0 Å². The lowest BCUT2D eigenvalue weighted by atomic mass is 10.1. The maximum absolute atomic E-state index is 12.6. The number of hydrogen-bond donors (Lipinski definition) is 1. The minimum atomic E-state index is -0.0666. The molecule has 4 aromatic rings. The number of thioether (sulfide) groups is 1. The van der Waals surface area contributed by atoms with Crippen LogP contribution in [-0.4, -0.2) is 59.9 Å². The smallest absolute Gasteiger partial charge is 0.230 e. The number of nitrogens with one attached hydrogen (secondary N) is 1. The van der Waals surface area contributed by atoms with Crippen molar-refractivity contribution in [2.75, 3.05) is 33.1 Å². The molecule has 1 fully saturated rings. The lowest BCUT2D eigenvalue weighted by molar-refractivity contribution is -0.119. The van der Waals surface area contributed by atoms with Crippen LogP contribution in [0.15, 0.2) is 78.0 Å². The first-order chi connectivity index (χ1) is 19.6. The Balaban J connectivity index is 1.36. The standard InChI is InChI=1S/C30H32N4O5S/c1-36-26-15-10-21(17-27(26)37-2)18-28-32-33-30(40-20-29(35)31-19-25-9-6-16-38-25)34(28)22-11-13-24(14-12-22)39-23-7-4-3-5-8-23/h3-5,7-8,10-15,17,25H,6,9,16,18-20H2,1-2H3,(H,31,35). The van der Waals surface area contributed by atoms with E-state index in [0.29, 0.717) is 35.4 Å². The minimum Gasteiger partial charge on any atom is -0.493 e. The van der Waals surface area contributed by atoms with Gasteiger partial charge >= 0.3 is 0 Å². The van der Waals surface area contributed by atoms with Gasteiger partial charge in [-0.25, -0.2) is 0 Å². The van der Waals surface area contributed by atoms with E-state index in [0.717, 1.165) is 42.3 Å². The zero-order valence-corrected chi connectivity index (χ0v) is 23.4. The van der Waals surface area contributed by atoms with Crippen molar-refractivity contribution in [3.05, 3.63) is 84.2 Å². The lowest BCUT2D eigenvalue weighted by Crippen LogP contribution is -2.32. The Hall–Kier alpha value is -4.02. The van der Waals surface area contributed by atoms with Crippen molar-refractivity contribution in [3.8, 4) is 28.7 Å². The molecule has 1 atom stereocenters. The highest BCUT2D eigenvalue weighted by atomic mass is 32.2. The number of rotatable bonds is 12. The first kappa shape index (κ1) is 27.5. The molecule has 10 heteroatoms. The van der Waals surface area contributed by atoms with Gasteiger partial charge in [-0.1, -0.05) is 36.0 Å². The molecule has 3 aromatic carbocycles. The Morgan fingerprint density at radius 3 is 2.50 bits per heavy atom. The molecule has 1 saturated heterocycles. The molecular weight excluding hydrogens is 528 g/mol. The summed E-state index contributed by atoms with van der Waals surface area (Å²) in [6.45, 7) is 1.29. The van der Waals surface area contributed by atoms with E-state index in [1.165, 1.54) is 11.8 Å². The maximum atomic E-state index is 12.6. The molecule has 0 aliphatic carbocycles. The summed E-state index contributed by atoms with van der Waals surface area (Å²) in [5.41, 5.74) is 1.85. The second kappa shape index (κ2) is 13.4. The van der Waals surface area contributed by atoms with Gasteiger partial charge in [0.05, 0.1) is 26.1 Å². The second-order valence-corrected chi connectivity index (χ2v) is 10.2. The molecule has 208 valence electrons. The van der Waals surface area contributed by atoms with E-state index in [9.17, 15) is 4.79 Å². The van der Waals surface area contributed by atoms with Crippen LogP contribution in [-0.2, 0) is 16.0 Å². The Morgan fingerprint density at radius 1 is 1.00 bits per heavy atom. The van der Waals surface area contributed by atoms with Crippen LogP contribution in [0.25, 0.3) is 5.69 Å². The van der Waals surface area contributed by atoms with Gasteiger partial charge in [0.1, 0.15) is 17.3 Å². The number of carbonyl (C=O) groups excluding carboxylic acids is 1. The summed E-state index contributed by atoms with van der Waals surface area (Å²) < 4.78 is 24.4. The fraction of sp³-hybridized carbons (Fsp3) is 0.300. The summed E-state index contributed by atoms with van der Waals surface area (Å²) in [6.07, 6.45) is 2.62. The quantitative estimate of drug-likeness (QED) is 0.240. The van der Waals surface area contributed by atoms with Gasteiger partial charge < -0.3 is 24.3 Å². The molecule has 1 amide bonds. The summed E-state index contributed by atoms with van der Waals surface area (Å²) in [4.78, 5) is 12.6. The van der Waals surface area contributed by atoms with E-state index in [2.05, 4.69) is 15.5 Å². The van der Waals surface area contributed by atoms with E-state index in [1.807, 2.05) is 77.4 Å². The minimum absolute atomic E-state index is 0.0666. The van der Waals surface area contributed by atoms with Gasteiger partial charge in [0, 0.05) is 25.3 Å². The molecule has 1 aromatic heterocycles. The van der Waals surface area contributed by atoms with Gasteiger partial charge in [-0.05, 0) is 66.9 Å². The van der Waals surface area contributed by atoms with E-state index < -0.39 is 0 Å². The monoisotopic (exact) mass is 560 g/mol. The zero-order chi connectivity index (χ0) is 27.7. The highest BCUT2D eigenvalue weighted by molar-refractivity contribution is 7.99. The number of methoxy groups -OCH3 is 2. The van der Waals surface area contributed by atoms with Crippen LogP contribution in [0.1, 0.15) is 24.2 Å². The fourth-order valence-corrected chi connectivity index (χ4v) is 5.24. The molecule has 5 rings (SSSR count). The van der Waals surface area contributed by atoms with Crippen LogP contribution < -0.4 is 19.5 Å². The van der Waals surface area contributed by atoms with Gasteiger partial charge in [-0.2, -0.15) is 0 Å². The third-order valence-electron chi connectivity index (χ3n) is 6.47. The van der Waals surface area contributed by atoms with Gasteiger partial charge in [0.2, 0.25) is 5.91 Å². The highest BCUT2D eigenvalue weighted by Gasteiger charge is 2.19. The third-order valence-corrected chi connectivity index (χ3v) is 7.40. The number of para-hydroxylation sites is 1. The van der Waals surface area contributed by atoms with Crippen molar-refractivity contribution in [2.45, 2.75) is 30.5 Å². The van der Waals surface area contributed by atoms with Gasteiger partial charge in [0.25, 0.3) is 0 Å². The summed E-state index contributed by atoms with van der Waals surface area (Å²) in [6, 6.07) is 23.1. The third kappa shape index (κ3) is 6.94. The molecule has 0 radical (unpaired) electrons. The van der Waals surface area contributed by atoms with Crippen molar-refractivity contribution in [1.82, 2.24) is 20.1 Å². The van der Waals surface area contributed by atoms with Crippen LogP contribution in [0.4, 0.5) is 0 Å². The first-order valence-corrected chi connectivity index (χ1v) is 14.1. The van der Waals surface area contributed by atoms with E-state index in [4.69, 9.17) is 18.9 Å². The Labute approximate surface area is 237 Å². The predicted octanol–water partition coefficient (Wildman–Crippen LogP) is 5.05. The summed E-state index contributed by atoms with van der Waals surface area (Å²) >= 11 is 1.34. The van der Waals surface area contributed by atoms with Crippen molar-refractivity contribution < 1.29 is 23.7 Å². The molecule has 0 saturated carbocycles. The number of amides is 1. The number of hydrogen-bond acceptors (Lipinski definition) is 8. The van der Waals surface area contributed by atoms with Gasteiger partial charge in [-0.15, -0.1) is 10.2 Å². The van der Waals surface area contributed by atoms with Gasteiger partial charge in [-0.3, -0.25) is 9.36 Å². The van der Waals surface area contributed by atoms with Crippen LogP contribution in [0, 0.1) is 0 Å². The Bertz CT molecular complexity index is 1410. The average Bonchev–Trinajstić information content (AvgIpc) is 3.66. The Morgan fingerprint density at radius 2 is 1.77 bits per heavy atom. The van der Waals surface area contributed by atoms with Crippen LogP contribution in [0.3, 0.4) is 0 Å². The summed E-state index contributed by atoms with van der Waals surface area (Å²) in [7, 11) is 3.22. The van der Waals surface area contributed by atoms with Gasteiger partial charge in [0.15, 0.2) is 16.7 Å². The van der Waals surface area contributed by atoms with E-state index in [1.54, 1.807) is 14.2 Å². The zero-order valence-electron chi connectivity index (χ0n) is 22.5. The molecule has 0 bridgehead atoms. The molecule has 1 N–H and O–H groups in total. The number of benzene rings is 3. The largest absolute Gasteiger partial charge is 0.493 e. The second-order valence-electron chi connectivity index (χ2n) is 9.24. The summed E-state index contributed by atoms with van der Waals surface area (Å²) in [5, 5.41) is 12.5. The number of ether oxygens (including phenoxy) is 4. The molecule has 1 aliphatic heterocycles. The van der Waals surface area contributed by atoms with Crippen molar-refractivity contribution in [3.63, 3.8) is 0 Å². The molecule has 9 nitrogen and oxygen atoms in total. The highest BCUT2D eigenvalue weighted by Crippen LogP contribution is 2.30. The average molecular weight is 561 g/mol. The number of carbonyl (C=O) groups is 1. The number of aromatic nitrogens is 3. The molecule has 1 aliphatic rings.